The smallest absolute Gasteiger partial charge is 0.137 e. The van der Waals surface area contributed by atoms with Gasteiger partial charge in [0.25, 0.3) is 0 Å². The number of furan rings is 1. The Hall–Kier alpha value is -6.84. The molecule has 0 aliphatic heterocycles. The van der Waals surface area contributed by atoms with Crippen LogP contribution in [0.3, 0.4) is 0 Å². The SMILES string of the molecule is [2H]c1c([2H])c(-c2ccccc2)c([2H])c(-c2c([2H])c([2H])c3oc4c([2H])c([2H])c([2H])c(-n5c6ccccc6c6cc(-n7c8ccccc8c8c([2H])c([2H])c([2H])c([2H])c87)ccc65)c4c3c2[2H])c1[2H]. The van der Waals surface area contributed by atoms with Crippen LogP contribution < -0.4 is 0 Å². The molecule has 0 aliphatic carbocycles. The fourth-order valence-electron chi connectivity index (χ4n) is 7.23. The molecule has 0 atom stereocenters. The molecule has 0 radical (unpaired) electrons. The molecule has 0 unspecified atom stereocenters. The van der Waals surface area contributed by atoms with Gasteiger partial charge in [-0.05, 0) is 88.8 Å². The minimum Gasteiger partial charge on any atom is -0.456 e. The molecule has 11 rings (SSSR count). The summed E-state index contributed by atoms with van der Waals surface area (Å²) in [7, 11) is 0. The molecule has 0 saturated heterocycles. The number of aromatic nitrogens is 2. The third-order valence-corrected chi connectivity index (χ3v) is 9.43. The minimum absolute atomic E-state index is 0.0106. The van der Waals surface area contributed by atoms with Crippen LogP contribution in [0.5, 0.6) is 0 Å². The van der Waals surface area contributed by atoms with Crippen molar-refractivity contribution in [1.82, 2.24) is 9.13 Å². The Kier molecular flexibility index (Phi) is 3.76. The number of rotatable bonds is 4. The summed E-state index contributed by atoms with van der Waals surface area (Å²) in [6.07, 6.45) is 0. The minimum atomic E-state index is -0.582. The van der Waals surface area contributed by atoms with Gasteiger partial charge >= 0.3 is 0 Å². The van der Waals surface area contributed by atoms with Gasteiger partial charge in [0.1, 0.15) is 11.2 Å². The molecule has 238 valence electrons. The van der Waals surface area contributed by atoms with Gasteiger partial charge < -0.3 is 13.6 Å². The molecule has 3 nitrogen and oxygen atoms in total. The largest absolute Gasteiger partial charge is 0.456 e. The number of hydrogen-bond acceptors (Lipinski definition) is 1. The summed E-state index contributed by atoms with van der Waals surface area (Å²) in [6.45, 7) is 0. The predicted octanol–water partition coefficient (Wildman–Crippen LogP) is 13.1. The summed E-state index contributed by atoms with van der Waals surface area (Å²) < 4.78 is 136. The molecule has 3 aromatic heterocycles. The highest BCUT2D eigenvalue weighted by Crippen LogP contribution is 2.41. The summed E-state index contributed by atoms with van der Waals surface area (Å²) in [4.78, 5) is 0. The summed E-state index contributed by atoms with van der Waals surface area (Å²) in [5, 5.41) is 2.27. The fourth-order valence-corrected chi connectivity index (χ4v) is 7.23. The summed E-state index contributed by atoms with van der Waals surface area (Å²) in [5.41, 5.74) is 1.92. The monoisotopic (exact) mass is 664 g/mol. The van der Waals surface area contributed by atoms with E-state index in [1.54, 1.807) is 57.7 Å². The van der Waals surface area contributed by atoms with Crippen molar-refractivity contribution < 1.29 is 23.6 Å². The van der Waals surface area contributed by atoms with Crippen LogP contribution in [-0.2, 0) is 0 Å². The van der Waals surface area contributed by atoms with Crippen LogP contribution in [0.2, 0.25) is 0 Å². The average Bonchev–Trinajstić information content (AvgIpc) is 3.99. The van der Waals surface area contributed by atoms with Crippen LogP contribution in [-0.4, -0.2) is 9.13 Å². The second kappa shape index (κ2) is 10.8. The Morgan fingerprint density at radius 2 is 1.10 bits per heavy atom. The van der Waals surface area contributed by atoms with Crippen LogP contribution in [0.4, 0.5) is 0 Å². The van der Waals surface area contributed by atoms with Crippen LogP contribution in [0.15, 0.2) is 186 Å². The fraction of sp³-hybridized carbons (Fsp3) is 0. The third kappa shape index (κ3) is 4.19. The second-order valence-electron chi connectivity index (χ2n) is 12.2. The lowest BCUT2D eigenvalue weighted by molar-refractivity contribution is 0.669. The molecule has 3 heterocycles. The van der Waals surface area contributed by atoms with E-state index in [1.165, 1.54) is 0 Å². The van der Waals surface area contributed by atoms with E-state index in [1.807, 2.05) is 48.5 Å². The lowest BCUT2D eigenvalue weighted by atomic mass is 9.98. The standard InChI is InChI=1S/C48H30N2O/c1-2-12-31(13-3-1)32-14-10-15-33(28-32)34-24-27-46-40(29-34)48-45(22-11-23-47(48)51-46)50-43-21-9-6-18-38(43)39-30-35(25-26-44(39)50)49-41-19-7-4-16-36(41)37-17-5-8-20-42(37)49/h1-30H/i4D,7D,10D,11D,14D,15D,16D,19D,22D,23D,24D,27D,28D,29D. The zero-order valence-electron chi connectivity index (χ0n) is 40.5. The lowest BCUT2D eigenvalue weighted by Crippen LogP contribution is -1.96. The molecule has 0 spiro atoms. The lowest BCUT2D eigenvalue weighted by Gasteiger charge is -2.11. The molecule has 0 N–H and O–H groups in total. The first-order chi connectivity index (χ1) is 31.1. The summed E-state index contributed by atoms with van der Waals surface area (Å²) >= 11 is 0. The molecule has 51 heavy (non-hydrogen) atoms. The first kappa shape index (κ1) is 17.7. The van der Waals surface area contributed by atoms with Crippen LogP contribution in [0.25, 0.3) is 99.2 Å². The second-order valence-corrected chi connectivity index (χ2v) is 12.2. The van der Waals surface area contributed by atoms with Gasteiger partial charge in [-0.1, -0.05) is 115 Å². The Morgan fingerprint density at radius 3 is 1.96 bits per heavy atom. The van der Waals surface area contributed by atoms with Crippen molar-refractivity contribution >= 4 is 65.6 Å². The molecule has 0 saturated carbocycles. The van der Waals surface area contributed by atoms with Crippen molar-refractivity contribution in [3.63, 3.8) is 0 Å². The van der Waals surface area contributed by atoms with Gasteiger partial charge in [-0.3, -0.25) is 0 Å². The third-order valence-electron chi connectivity index (χ3n) is 9.43. The summed E-state index contributed by atoms with van der Waals surface area (Å²) in [6, 6.07) is 22.6. The zero-order chi connectivity index (χ0) is 45.7. The van der Waals surface area contributed by atoms with Crippen molar-refractivity contribution in [2.45, 2.75) is 0 Å². The van der Waals surface area contributed by atoms with Crippen molar-refractivity contribution in [3.05, 3.63) is 182 Å². The molecular weight excluding hydrogens is 621 g/mol. The van der Waals surface area contributed by atoms with Gasteiger partial charge in [0.15, 0.2) is 0 Å². The van der Waals surface area contributed by atoms with E-state index in [2.05, 4.69) is 0 Å². The molecule has 11 aromatic rings. The first-order valence-corrected chi connectivity index (χ1v) is 16.3. The maximum absolute atomic E-state index is 9.78. The maximum atomic E-state index is 9.78. The van der Waals surface area contributed by atoms with Gasteiger partial charge in [-0.2, -0.15) is 0 Å². The van der Waals surface area contributed by atoms with Crippen LogP contribution in [0, 0.1) is 0 Å². The van der Waals surface area contributed by atoms with Gasteiger partial charge in [-0.25, -0.2) is 0 Å². The van der Waals surface area contributed by atoms with E-state index < -0.39 is 48.3 Å². The molecule has 3 heteroatoms. The Bertz CT molecular complexity index is 3950. The normalized spacial score (nSPS) is 15.8. The van der Waals surface area contributed by atoms with E-state index in [0.717, 1.165) is 0 Å². The van der Waals surface area contributed by atoms with Crippen LogP contribution in [0.1, 0.15) is 19.2 Å². The molecule has 0 fully saturated rings. The number of para-hydroxylation sites is 3. The highest BCUT2D eigenvalue weighted by atomic mass is 16.3. The van der Waals surface area contributed by atoms with Gasteiger partial charge in [-0.15, -0.1) is 0 Å². The van der Waals surface area contributed by atoms with E-state index in [-0.39, 0.29) is 80.6 Å². The average molecular weight is 665 g/mol. The highest BCUT2D eigenvalue weighted by molar-refractivity contribution is 6.16. The topological polar surface area (TPSA) is 23.0 Å². The number of benzene rings is 8. The van der Waals surface area contributed by atoms with E-state index in [9.17, 15) is 6.85 Å². The van der Waals surface area contributed by atoms with Crippen LogP contribution >= 0.6 is 0 Å². The van der Waals surface area contributed by atoms with Crippen molar-refractivity contribution in [2.75, 3.05) is 0 Å². The molecule has 0 amide bonds. The van der Waals surface area contributed by atoms with E-state index in [0.29, 0.717) is 54.9 Å². The number of hydrogen-bond donors (Lipinski definition) is 0. The van der Waals surface area contributed by atoms with Crippen molar-refractivity contribution in [3.8, 4) is 33.6 Å². The Balaban J connectivity index is 1.25. The van der Waals surface area contributed by atoms with Gasteiger partial charge in [0.05, 0.1) is 52.3 Å². The van der Waals surface area contributed by atoms with Crippen molar-refractivity contribution in [2.24, 2.45) is 0 Å². The van der Waals surface area contributed by atoms with Crippen molar-refractivity contribution in [1.29, 1.82) is 0 Å². The van der Waals surface area contributed by atoms with E-state index >= 15 is 0 Å². The number of nitrogens with zero attached hydrogens (tertiary/aromatic N) is 2. The first-order valence-electron chi connectivity index (χ1n) is 23.3. The maximum Gasteiger partial charge on any atom is 0.137 e. The summed E-state index contributed by atoms with van der Waals surface area (Å²) in [5.74, 6) is 0. The Labute approximate surface area is 313 Å². The van der Waals surface area contributed by atoms with E-state index in [4.69, 9.17) is 16.8 Å². The highest BCUT2D eigenvalue weighted by Gasteiger charge is 2.20. The molecule has 0 aliphatic rings. The molecule has 8 aromatic carbocycles. The molecular formula is C48H30N2O. The Morgan fingerprint density at radius 1 is 0.412 bits per heavy atom. The molecule has 0 bridgehead atoms. The predicted molar refractivity (Wildman–Crippen MR) is 213 cm³/mol. The van der Waals surface area contributed by atoms with Gasteiger partial charge in [0.2, 0.25) is 0 Å². The quantitative estimate of drug-likeness (QED) is 0.184. The zero-order valence-corrected chi connectivity index (χ0v) is 26.5. The number of fused-ring (bicyclic) bond motifs is 9. The van der Waals surface area contributed by atoms with Gasteiger partial charge in [0, 0.05) is 32.6 Å².